The summed E-state index contributed by atoms with van der Waals surface area (Å²) >= 11 is 0. The van der Waals surface area contributed by atoms with Gasteiger partial charge in [-0.2, -0.15) is 0 Å². The third kappa shape index (κ3) is 4.69. The zero-order chi connectivity index (χ0) is 13.4. The Balaban J connectivity index is 2.44. The summed E-state index contributed by atoms with van der Waals surface area (Å²) in [6, 6.07) is 5.19. The van der Waals surface area contributed by atoms with E-state index in [0.29, 0.717) is 13.0 Å². The van der Waals surface area contributed by atoms with E-state index in [9.17, 15) is 12.8 Å². The molecular weight excluding hydrogens is 261 g/mol. The van der Waals surface area contributed by atoms with Crippen LogP contribution in [0, 0.1) is 5.82 Å². The molecule has 0 aliphatic heterocycles. The Morgan fingerprint density at radius 3 is 2.67 bits per heavy atom. The summed E-state index contributed by atoms with van der Waals surface area (Å²) in [7, 11) is -3.81. The third-order valence-electron chi connectivity index (χ3n) is 2.12. The minimum Gasteiger partial charge on any atom is -0.394 e. The highest BCUT2D eigenvalue weighted by Crippen LogP contribution is 2.12. The summed E-state index contributed by atoms with van der Waals surface area (Å²) in [6.45, 7) is 0.642. The molecule has 0 saturated heterocycles. The van der Waals surface area contributed by atoms with E-state index < -0.39 is 15.8 Å². The lowest BCUT2D eigenvalue weighted by Crippen LogP contribution is -2.26. The zero-order valence-corrected chi connectivity index (χ0v) is 10.6. The molecular formula is C11H16FNO4S. The number of hydrogen-bond donors (Lipinski definition) is 2. The smallest absolute Gasteiger partial charge is 0.243 e. The number of nitrogens with one attached hydrogen (secondary N) is 1. The van der Waals surface area contributed by atoms with Crippen LogP contribution in [0.3, 0.4) is 0 Å². The van der Waals surface area contributed by atoms with E-state index in [1.54, 1.807) is 0 Å². The molecule has 0 fully saturated rings. The maximum absolute atomic E-state index is 13.3. The fraction of sp³-hybridized carbons (Fsp3) is 0.455. The van der Waals surface area contributed by atoms with Gasteiger partial charge in [0.25, 0.3) is 0 Å². The van der Waals surface area contributed by atoms with Gasteiger partial charge in [-0.05, 0) is 18.6 Å². The van der Waals surface area contributed by atoms with E-state index in [1.807, 2.05) is 0 Å². The second kappa shape index (κ2) is 7.42. The normalized spacial score (nSPS) is 11.7. The van der Waals surface area contributed by atoms with Gasteiger partial charge >= 0.3 is 0 Å². The largest absolute Gasteiger partial charge is 0.394 e. The first-order valence-electron chi connectivity index (χ1n) is 5.51. The highest BCUT2D eigenvalue weighted by Gasteiger charge is 2.17. The average Bonchev–Trinajstić information content (AvgIpc) is 2.34. The number of ether oxygens (including phenoxy) is 1. The molecule has 1 rings (SSSR count). The Hall–Kier alpha value is -1.02. The Labute approximate surface area is 106 Å². The van der Waals surface area contributed by atoms with Crippen molar-refractivity contribution in [2.45, 2.75) is 11.3 Å². The van der Waals surface area contributed by atoms with Crippen molar-refractivity contribution in [3.63, 3.8) is 0 Å². The molecule has 7 heteroatoms. The van der Waals surface area contributed by atoms with Gasteiger partial charge in [-0.25, -0.2) is 17.5 Å². The quantitative estimate of drug-likeness (QED) is 0.679. The lowest BCUT2D eigenvalue weighted by atomic mass is 10.4. The van der Waals surface area contributed by atoms with Crippen LogP contribution in [0.5, 0.6) is 0 Å². The second-order valence-electron chi connectivity index (χ2n) is 3.52. The molecule has 0 heterocycles. The van der Waals surface area contributed by atoms with Gasteiger partial charge in [0.05, 0.1) is 13.2 Å². The van der Waals surface area contributed by atoms with E-state index in [1.165, 1.54) is 18.2 Å². The van der Waals surface area contributed by atoms with Crippen molar-refractivity contribution in [2.75, 3.05) is 26.4 Å². The van der Waals surface area contributed by atoms with Crippen molar-refractivity contribution < 1.29 is 22.7 Å². The SMILES string of the molecule is O=S(=O)(NCCCOCCO)c1ccccc1F. The summed E-state index contributed by atoms with van der Waals surface area (Å²) in [5.41, 5.74) is 0. The Kier molecular flexibility index (Phi) is 6.20. The number of benzene rings is 1. The zero-order valence-electron chi connectivity index (χ0n) is 9.80. The molecule has 0 amide bonds. The van der Waals surface area contributed by atoms with Gasteiger partial charge < -0.3 is 9.84 Å². The lowest BCUT2D eigenvalue weighted by Gasteiger charge is -2.07. The van der Waals surface area contributed by atoms with Crippen LogP contribution in [0.25, 0.3) is 0 Å². The maximum Gasteiger partial charge on any atom is 0.243 e. The number of aliphatic hydroxyl groups is 1. The molecule has 0 bridgehead atoms. The van der Waals surface area contributed by atoms with Crippen molar-refractivity contribution in [1.29, 1.82) is 0 Å². The standard InChI is InChI=1S/C11H16FNO4S/c12-10-4-1-2-5-11(10)18(15,16)13-6-3-8-17-9-7-14/h1-2,4-5,13-14H,3,6-9H2. The molecule has 0 spiro atoms. The molecule has 0 radical (unpaired) electrons. The Morgan fingerprint density at radius 2 is 2.00 bits per heavy atom. The van der Waals surface area contributed by atoms with Crippen LogP contribution < -0.4 is 4.72 Å². The summed E-state index contributed by atoms with van der Waals surface area (Å²) in [4.78, 5) is -0.360. The van der Waals surface area contributed by atoms with Crippen molar-refractivity contribution in [3.8, 4) is 0 Å². The van der Waals surface area contributed by atoms with Gasteiger partial charge in [-0.1, -0.05) is 12.1 Å². The Bertz CT molecular complexity index is 464. The van der Waals surface area contributed by atoms with Crippen LogP contribution in [-0.2, 0) is 14.8 Å². The maximum atomic E-state index is 13.3. The van der Waals surface area contributed by atoms with Crippen LogP contribution in [-0.4, -0.2) is 39.9 Å². The van der Waals surface area contributed by atoms with E-state index in [-0.39, 0.29) is 24.7 Å². The highest BCUT2D eigenvalue weighted by atomic mass is 32.2. The van der Waals surface area contributed by atoms with Gasteiger partial charge in [-0.3, -0.25) is 0 Å². The molecule has 2 N–H and O–H groups in total. The predicted octanol–water partition coefficient (Wildman–Crippen LogP) is 0.503. The molecule has 0 aliphatic rings. The minimum atomic E-state index is -3.81. The topological polar surface area (TPSA) is 75.6 Å². The van der Waals surface area contributed by atoms with Gasteiger partial charge in [-0.15, -0.1) is 0 Å². The van der Waals surface area contributed by atoms with Crippen molar-refractivity contribution in [3.05, 3.63) is 30.1 Å². The fourth-order valence-corrected chi connectivity index (χ4v) is 2.44. The van der Waals surface area contributed by atoms with Crippen LogP contribution in [0.15, 0.2) is 29.2 Å². The number of sulfonamides is 1. The van der Waals surface area contributed by atoms with Gasteiger partial charge in [0.2, 0.25) is 10.0 Å². The molecule has 1 aromatic carbocycles. The third-order valence-corrected chi connectivity index (χ3v) is 3.61. The monoisotopic (exact) mass is 277 g/mol. The molecule has 0 aliphatic carbocycles. The van der Waals surface area contributed by atoms with Crippen LogP contribution >= 0.6 is 0 Å². The minimum absolute atomic E-state index is 0.0685. The first-order chi connectivity index (χ1) is 8.58. The van der Waals surface area contributed by atoms with Crippen LogP contribution in [0.4, 0.5) is 4.39 Å². The first-order valence-corrected chi connectivity index (χ1v) is 6.99. The van der Waals surface area contributed by atoms with E-state index >= 15 is 0 Å². The number of hydrogen-bond acceptors (Lipinski definition) is 4. The summed E-state index contributed by atoms with van der Waals surface area (Å²) in [5, 5.41) is 8.45. The molecule has 18 heavy (non-hydrogen) atoms. The molecule has 1 aromatic rings. The molecule has 0 saturated carbocycles. The molecule has 0 aromatic heterocycles. The van der Waals surface area contributed by atoms with Crippen LogP contribution in [0.2, 0.25) is 0 Å². The summed E-state index contributed by atoms with van der Waals surface area (Å²) in [5.74, 6) is -0.776. The van der Waals surface area contributed by atoms with E-state index in [0.717, 1.165) is 6.07 Å². The van der Waals surface area contributed by atoms with E-state index in [4.69, 9.17) is 9.84 Å². The van der Waals surface area contributed by atoms with Crippen LogP contribution in [0.1, 0.15) is 6.42 Å². The van der Waals surface area contributed by atoms with Gasteiger partial charge in [0.15, 0.2) is 0 Å². The number of halogens is 1. The van der Waals surface area contributed by atoms with Crippen molar-refractivity contribution >= 4 is 10.0 Å². The Morgan fingerprint density at radius 1 is 1.28 bits per heavy atom. The first kappa shape index (κ1) is 15.0. The van der Waals surface area contributed by atoms with Gasteiger partial charge in [0, 0.05) is 13.2 Å². The lowest BCUT2D eigenvalue weighted by molar-refractivity contribution is 0.0913. The predicted molar refractivity (Wildman–Crippen MR) is 64.1 cm³/mol. The highest BCUT2D eigenvalue weighted by molar-refractivity contribution is 7.89. The average molecular weight is 277 g/mol. The molecule has 0 atom stereocenters. The molecule has 0 unspecified atom stereocenters. The van der Waals surface area contributed by atoms with E-state index in [2.05, 4.69) is 4.72 Å². The fourth-order valence-electron chi connectivity index (χ4n) is 1.29. The number of aliphatic hydroxyl groups excluding tert-OH is 1. The summed E-state index contributed by atoms with van der Waals surface area (Å²) < 4.78 is 44.0. The number of rotatable bonds is 8. The summed E-state index contributed by atoms with van der Waals surface area (Å²) in [6.07, 6.45) is 0.452. The van der Waals surface area contributed by atoms with Gasteiger partial charge in [0.1, 0.15) is 10.7 Å². The second-order valence-corrected chi connectivity index (χ2v) is 5.25. The molecule has 5 nitrogen and oxygen atoms in total. The van der Waals surface area contributed by atoms with Crippen molar-refractivity contribution in [2.24, 2.45) is 0 Å². The van der Waals surface area contributed by atoms with Crippen molar-refractivity contribution in [1.82, 2.24) is 4.72 Å². The molecule has 102 valence electrons.